The molecular formula is C18H28N2O. The van der Waals surface area contributed by atoms with Crippen molar-refractivity contribution in [2.45, 2.75) is 70.4 Å². The molecule has 1 saturated carbocycles. The van der Waals surface area contributed by atoms with Crippen LogP contribution in [0.5, 0.6) is 0 Å². The second kappa shape index (κ2) is 7.08. The summed E-state index contributed by atoms with van der Waals surface area (Å²) in [5.74, 6) is -0.295. The molecular weight excluding hydrogens is 260 g/mol. The maximum atomic E-state index is 12.1. The molecule has 3 heteroatoms. The highest BCUT2D eigenvalue weighted by Crippen LogP contribution is 2.26. The number of hydrogen-bond donors (Lipinski definition) is 2. The Morgan fingerprint density at radius 2 is 1.76 bits per heavy atom. The monoisotopic (exact) mass is 288 g/mol. The molecule has 0 aliphatic heterocycles. The van der Waals surface area contributed by atoms with Crippen molar-refractivity contribution in [1.29, 1.82) is 0 Å². The quantitative estimate of drug-likeness (QED) is 0.817. The number of aryl methyl sites for hydroxylation is 1. The van der Waals surface area contributed by atoms with Gasteiger partial charge in [0.15, 0.2) is 0 Å². The molecule has 116 valence electrons. The number of amides is 1. The molecule has 1 unspecified atom stereocenters. The van der Waals surface area contributed by atoms with Gasteiger partial charge in [0.25, 0.3) is 0 Å². The summed E-state index contributed by atoms with van der Waals surface area (Å²) in [6.45, 7) is 4.05. The Kier molecular flexibility index (Phi) is 5.40. The summed E-state index contributed by atoms with van der Waals surface area (Å²) in [5, 5.41) is 3.55. The number of hydrogen-bond acceptors (Lipinski definition) is 2. The Morgan fingerprint density at radius 1 is 1.19 bits per heavy atom. The maximum absolute atomic E-state index is 12.1. The van der Waals surface area contributed by atoms with E-state index in [4.69, 9.17) is 5.73 Å². The third-order valence-corrected chi connectivity index (χ3v) is 4.78. The normalized spacial score (nSPS) is 19.7. The minimum Gasteiger partial charge on any atom is -0.368 e. The lowest BCUT2D eigenvalue weighted by atomic mass is 9.88. The van der Waals surface area contributed by atoms with E-state index in [1.807, 2.05) is 19.1 Å². The minimum atomic E-state index is -0.777. The molecule has 0 saturated heterocycles. The fourth-order valence-corrected chi connectivity index (χ4v) is 3.20. The zero-order valence-corrected chi connectivity index (χ0v) is 13.3. The Bertz CT molecular complexity index is 461. The molecule has 0 spiro atoms. The number of rotatable bonds is 5. The van der Waals surface area contributed by atoms with Crippen molar-refractivity contribution in [3.8, 4) is 0 Å². The van der Waals surface area contributed by atoms with Crippen LogP contribution in [0, 0.1) is 0 Å². The Balaban J connectivity index is 2.19. The van der Waals surface area contributed by atoms with Crippen LogP contribution in [-0.2, 0) is 16.8 Å². The lowest BCUT2D eigenvalue weighted by Crippen LogP contribution is -2.54. The van der Waals surface area contributed by atoms with E-state index in [0.717, 1.165) is 24.8 Å². The number of carbonyl (C=O) groups excluding carboxylic acids is 1. The van der Waals surface area contributed by atoms with E-state index in [2.05, 4.69) is 24.4 Å². The fourth-order valence-electron chi connectivity index (χ4n) is 3.20. The van der Waals surface area contributed by atoms with Crippen LogP contribution in [0.3, 0.4) is 0 Å². The van der Waals surface area contributed by atoms with Crippen LogP contribution >= 0.6 is 0 Å². The highest BCUT2D eigenvalue weighted by Gasteiger charge is 2.35. The molecule has 0 bridgehead atoms. The van der Waals surface area contributed by atoms with E-state index >= 15 is 0 Å². The second-order valence-electron chi connectivity index (χ2n) is 6.37. The first-order chi connectivity index (χ1) is 10.1. The molecule has 1 aromatic rings. The average molecular weight is 288 g/mol. The van der Waals surface area contributed by atoms with E-state index in [-0.39, 0.29) is 5.91 Å². The standard InChI is InChI=1S/C18H28N2O/c1-3-14-10-12-15(13-11-14)18(2,17(19)21)20-16-8-6-4-5-7-9-16/h10-13,16,20H,3-9H2,1-2H3,(H2,19,21). The van der Waals surface area contributed by atoms with Gasteiger partial charge in [-0.2, -0.15) is 0 Å². The van der Waals surface area contributed by atoms with Crippen molar-refractivity contribution >= 4 is 5.91 Å². The summed E-state index contributed by atoms with van der Waals surface area (Å²) in [5.41, 5.74) is 7.20. The third-order valence-electron chi connectivity index (χ3n) is 4.78. The number of nitrogens with one attached hydrogen (secondary N) is 1. The first-order valence-electron chi connectivity index (χ1n) is 8.23. The van der Waals surface area contributed by atoms with Crippen LogP contribution in [-0.4, -0.2) is 11.9 Å². The van der Waals surface area contributed by atoms with E-state index in [0.29, 0.717) is 6.04 Å². The van der Waals surface area contributed by atoms with Gasteiger partial charge in [-0.3, -0.25) is 10.1 Å². The predicted molar refractivity (Wildman–Crippen MR) is 87.0 cm³/mol. The molecule has 2 rings (SSSR count). The van der Waals surface area contributed by atoms with Crippen molar-refractivity contribution in [3.63, 3.8) is 0 Å². The first-order valence-corrected chi connectivity index (χ1v) is 8.23. The van der Waals surface area contributed by atoms with Crippen molar-refractivity contribution in [3.05, 3.63) is 35.4 Å². The molecule has 1 aromatic carbocycles. The van der Waals surface area contributed by atoms with Crippen molar-refractivity contribution < 1.29 is 4.79 Å². The molecule has 1 aliphatic rings. The van der Waals surface area contributed by atoms with Crippen molar-refractivity contribution in [2.75, 3.05) is 0 Å². The molecule has 1 amide bonds. The first kappa shape index (κ1) is 16.0. The van der Waals surface area contributed by atoms with Gasteiger partial charge in [-0.05, 0) is 37.3 Å². The molecule has 0 heterocycles. The van der Waals surface area contributed by atoms with Gasteiger partial charge in [0.2, 0.25) is 5.91 Å². The fraction of sp³-hybridized carbons (Fsp3) is 0.611. The van der Waals surface area contributed by atoms with Gasteiger partial charge >= 0.3 is 0 Å². The molecule has 1 aliphatic carbocycles. The Labute approximate surface area is 128 Å². The summed E-state index contributed by atoms with van der Waals surface area (Å²) >= 11 is 0. The summed E-state index contributed by atoms with van der Waals surface area (Å²) < 4.78 is 0. The van der Waals surface area contributed by atoms with E-state index in [9.17, 15) is 4.79 Å². The van der Waals surface area contributed by atoms with E-state index in [1.165, 1.54) is 31.2 Å². The summed E-state index contributed by atoms with van der Waals surface area (Å²) in [7, 11) is 0. The van der Waals surface area contributed by atoms with Gasteiger partial charge in [0.1, 0.15) is 5.54 Å². The molecule has 0 aromatic heterocycles. The number of primary amides is 1. The van der Waals surface area contributed by atoms with Crippen LogP contribution in [0.1, 0.15) is 63.5 Å². The molecule has 0 radical (unpaired) electrons. The van der Waals surface area contributed by atoms with Crippen LogP contribution in [0.2, 0.25) is 0 Å². The molecule has 21 heavy (non-hydrogen) atoms. The van der Waals surface area contributed by atoms with Crippen molar-refractivity contribution in [1.82, 2.24) is 5.32 Å². The lowest BCUT2D eigenvalue weighted by Gasteiger charge is -2.33. The SMILES string of the molecule is CCc1ccc(C(C)(NC2CCCCCC2)C(N)=O)cc1. The number of nitrogens with two attached hydrogens (primary N) is 1. The number of carbonyl (C=O) groups is 1. The number of benzene rings is 1. The molecule has 1 atom stereocenters. The van der Waals surface area contributed by atoms with Crippen LogP contribution in [0.15, 0.2) is 24.3 Å². The Morgan fingerprint density at radius 3 is 2.24 bits per heavy atom. The summed E-state index contributed by atoms with van der Waals surface area (Å²) in [4.78, 5) is 12.1. The molecule has 1 fully saturated rings. The average Bonchev–Trinajstić information content (AvgIpc) is 2.75. The predicted octanol–water partition coefficient (Wildman–Crippen LogP) is 3.26. The highest BCUT2D eigenvalue weighted by molar-refractivity contribution is 5.85. The van der Waals surface area contributed by atoms with Gasteiger partial charge in [-0.25, -0.2) is 0 Å². The van der Waals surface area contributed by atoms with E-state index < -0.39 is 5.54 Å². The summed E-state index contributed by atoms with van der Waals surface area (Å²) in [6.07, 6.45) is 8.35. The third kappa shape index (κ3) is 3.85. The zero-order valence-electron chi connectivity index (χ0n) is 13.3. The largest absolute Gasteiger partial charge is 0.368 e. The Hall–Kier alpha value is -1.35. The van der Waals surface area contributed by atoms with Crippen molar-refractivity contribution in [2.24, 2.45) is 5.73 Å². The van der Waals surface area contributed by atoms with Crippen LogP contribution in [0.4, 0.5) is 0 Å². The van der Waals surface area contributed by atoms with Gasteiger partial charge in [0.05, 0.1) is 0 Å². The minimum absolute atomic E-state index is 0.295. The second-order valence-corrected chi connectivity index (χ2v) is 6.37. The highest BCUT2D eigenvalue weighted by atomic mass is 16.1. The summed E-state index contributed by atoms with van der Waals surface area (Å²) in [6, 6.07) is 8.63. The van der Waals surface area contributed by atoms with Crippen LogP contribution < -0.4 is 11.1 Å². The lowest BCUT2D eigenvalue weighted by molar-refractivity contribution is -0.124. The smallest absolute Gasteiger partial charge is 0.242 e. The topological polar surface area (TPSA) is 55.1 Å². The van der Waals surface area contributed by atoms with E-state index in [1.54, 1.807) is 0 Å². The zero-order chi connectivity index (χ0) is 15.3. The van der Waals surface area contributed by atoms with Gasteiger partial charge < -0.3 is 5.73 Å². The van der Waals surface area contributed by atoms with Crippen LogP contribution in [0.25, 0.3) is 0 Å². The van der Waals surface area contributed by atoms with Gasteiger partial charge in [0, 0.05) is 6.04 Å². The maximum Gasteiger partial charge on any atom is 0.242 e. The molecule has 3 N–H and O–H groups in total. The molecule has 3 nitrogen and oxygen atoms in total. The van der Waals surface area contributed by atoms with Gasteiger partial charge in [-0.15, -0.1) is 0 Å². The van der Waals surface area contributed by atoms with Gasteiger partial charge in [-0.1, -0.05) is 56.9 Å².